The molecule has 1 unspecified atom stereocenters. The first-order valence-corrected chi connectivity index (χ1v) is 9.71. The zero-order valence-corrected chi connectivity index (χ0v) is 17.0. The van der Waals surface area contributed by atoms with E-state index in [4.69, 9.17) is 4.74 Å². The fraction of sp³-hybridized carbons (Fsp3) is 0.409. The Morgan fingerprint density at radius 3 is 2.46 bits per heavy atom. The van der Waals surface area contributed by atoms with Crippen LogP contribution in [0, 0.1) is 0 Å². The Labute approximate surface area is 166 Å². The molecule has 146 valence electrons. The molecule has 6 heteroatoms. The van der Waals surface area contributed by atoms with E-state index in [1.807, 2.05) is 22.9 Å². The van der Waals surface area contributed by atoms with Crippen molar-refractivity contribution in [1.29, 1.82) is 0 Å². The Bertz CT molecular complexity index is 959. The summed E-state index contributed by atoms with van der Waals surface area (Å²) in [7, 11) is 1.72. The van der Waals surface area contributed by atoms with Gasteiger partial charge in [-0.1, -0.05) is 42.5 Å². The van der Waals surface area contributed by atoms with Gasteiger partial charge in [-0.3, -0.25) is 4.90 Å². The van der Waals surface area contributed by atoms with Crippen LogP contribution in [0.5, 0.6) is 5.75 Å². The van der Waals surface area contributed by atoms with Crippen LogP contribution >= 0.6 is 0 Å². The second-order valence-electron chi connectivity index (χ2n) is 8.25. The van der Waals surface area contributed by atoms with Gasteiger partial charge in [0.05, 0.1) is 12.6 Å². The molecule has 2 aromatic carbocycles. The lowest BCUT2D eigenvalue weighted by molar-refractivity contribution is 0.182. The van der Waals surface area contributed by atoms with Crippen molar-refractivity contribution in [2.45, 2.75) is 45.3 Å². The second kappa shape index (κ2) is 7.36. The summed E-state index contributed by atoms with van der Waals surface area (Å²) in [5, 5.41) is 12.8. The molecule has 6 nitrogen and oxygen atoms in total. The first-order valence-electron chi connectivity index (χ1n) is 9.71. The standard InChI is InChI=1S/C22H27N5O/c1-22(2,3)27-21(23-24-25-27)20(18-11-7-8-12-19(18)28-4)26-14-13-16-9-5-6-10-17(16)15-26/h5-12,20H,13-15H2,1-4H3. The Morgan fingerprint density at radius 2 is 1.71 bits per heavy atom. The molecule has 0 saturated heterocycles. The molecule has 1 atom stereocenters. The van der Waals surface area contributed by atoms with Crippen LogP contribution in [-0.2, 0) is 18.5 Å². The molecule has 1 aromatic heterocycles. The van der Waals surface area contributed by atoms with E-state index >= 15 is 0 Å². The Kier molecular flexibility index (Phi) is 4.89. The fourth-order valence-electron chi connectivity index (χ4n) is 3.97. The van der Waals surface area contributed by atoms with Crippen LogP contribution in [0.25, 0.3) is 0 Å². The topological polar surface area (TPSA) is 56.1 Å². The minimum Gasteiger partial charge on any atom is -0.496 e. The minimum absolute atomic E-state index is 0.0845. The van der Waals surface area contributed by atoms with Gasteiger partial charge in [0.1, 0.15) is 11.8 Å². The van der Waals surface area contributed by atoms with E-state index in [1.165, 1.54) is 11.1 Å². The van der Waals surface area contributed by atoms with E-state index < -0.39 is 0 Å². The normalized spacial score (nSPS) is 15.9. The summed E-state index contributed by atoms with van der Waals surface area (Å²) in [6.45, 7) is 8.17. The highest BCUT2D eigenvalue weighted by molar-refractivity contribution is 5.40. The summed E-state index contributed by atoms with van der Waals surface area (Å²) < 4.78 is 7.64. The van der Waals surface area contributed by atoms with Crippen LogP contribution in [0.2, 0.25) is 0 Å². The molecule has 28 heavy (non-hydrogen) atoms. The SMILES string of the molecule is COc1ccccc1C(c1nnnn1C(C)(C)C)N1CCc2ccccc2C1. The lowest BCUT2D eigenvalue weighted by Crippen LogP contribution is -2.38. The molecule has 0 radical (unpaired) electrons. The quantitative estimate of drug-likeness (QED) is 0.695. The molecule has 1 aliphatic rings. The zero-order chi connectivity index (χ0) is 19.7. The molecule has 0 amide bonds. The van der Waals surface area contributed by atoms with Crippen molar-refractivity contribution in [3.63, 3.8) is 0 Å². The van der Waals surface area contributed by atoms with Crippen LogP contribution in [0.15, 0.2) is 48.5 Å². The van der Waals surface area contributed by atoms with Gasteiger partial charge in [-0.25, -0.2) is 4.68 Å². The Morgan fingerprint density at radius 1 is 1.00 bits per heavy atom. The maximum atomic E-state index is 5.71. The molecule has 0 spiro atoms. The highest BCUT2D eigenvalue weighted by Gasteiger charge is 2.34. The molecule has 0 fully saturated rings. The summed E-state index contributed by atoms with van der Waals surface area (Å²) in [6.07, 6.45) is 1.01. The van der Waals surface area contributed by atoms with Crippen LogP contribution in [0.4, 0.5) is 0 Å². The van der Waals surface area contributed by atoms with E-state index in [2.05, 4.69) is 71.5 Å². The number of hydrogen-bond donors (Lipinski definition) is 0. The number of tetrazole rings is 1. The van der Waals surface area contributed by atoms with E-state index in [-0.39, 0.29) is 11.6 Å². The highest BCUT2D eigenvalue weighted by atomic mass is 16.5. The van der Waals surface area contributed by atoms with Crippen molar-refractivity contribution in [1.82, 2.24) is 25.1 Å². The lowest BCUT2D eigenvalue weighted by Gasteiger charge is -2.36. The molecule has 0 bridgehead atoms. The molecule has 0 aliphatic carbocycles. The smallest absolute Gasteiger partial charge is 0.173 e. The first-order chi connectivity index (χ1) is 13.5. The summed E-state index contributed by atoms with van der Waals surface area (Å²) in [4.78, 5) is 2.45. The number of fused-ring (bicyclic) bond motifs is 1. The van der Waals surface area contributed by atoms with Crippen LogP contribution in [0.1, 0.15) is 49.3 Å². The molecule has 2 heterocycles. The van der Waals surface area contributed by atoms with Gasteiger partial charge < -0.3 is 4.74 Å². The molecule has 0 saturated carbocycles. The maximum absolute atomic E-state index is 5.71. The average molecular weight is 377 g/mol. The molecular formula is C22H27N5O. The summed E-state index contributed by atoms with van der Waals surface area (Å²) in [5.41, 5.74) is 3.66. The van der Waals surface area contributed by atoms with Gasteiger partial charge in [0.25, 0.3) is 0 Å². The molecule has 4 rings (SSSR count). The van der Waals surface area contributed by atoms with Gasteiger partial charge >= 0.3 is 0 Å². The van der Waals surface area contributed by atoms with E-state index in [9.17, 15) is 0 Å². The predicted molar refractivity (Wildman–Crippen MR) is 108 cm³/mol. The number of para-hydroxylation sites is 1. The number of methoxy groups -OCH3 is 1. The van der Waals surface area contributed by atoms with Crippen LogP contribution in [-0.4, -0.2) is 38.8 Å². The summed E-state index contributed by atoms with van der Waals surface area (Å²) in [5.74, 6) is 1.70. The van der Waals surface area contributed by atoms with Gasteiger partial charge in [0.2, 0.25) is 0 Å². The van der Waals surface area contributed by atoms with Crippen molar-refractivity contribution in [3.8, 4) is 5.75 Å². The number of aromatic nitrogens is 4. The van der Waals surface area contributed by atoms with Gasteiger partial charge in [-0.05, 0) is 54.8 Å². The summed E-state index contributed by atoms with van der Waals surface area (Å²) >= 11 is 0. The van der Waals surface area contributed by atoms with Crippen molar-refractivity contribution in [2.24, 2.45) is 0 Å². The van der Waals surface area contributed by atoms with Crippen molar-refractivity contribution in [2.75, 3.05) is 13.7 Å². The number of benzene rings is 2. The number of rotatable bonds is 4. The van der Waals surface area contributed by atoms with Gasteiger partial charge in [0.15, 0.2) is 5.82 Å². The molecular weight excluding hydrogens is 350 g/mol. The second-order valence-corrected chi connectivity index (χ2v) is 8.25. The zero-order valence-electron chi connectivity index (χ0n) is 17.0. The Hall–Kier alpha value is -2.73. The third-order valence-corrected chi connectivity index (χ3v) is 5.33. The lowest BCUT2D eigenvalue weighted by atomic mass is 9.95. The van der Waals surface area contributed by atoms with Gasteiger partial charge in [-0.2, -0.15) is 0 Å². The van der Waals surface area contributed by atoms with Crippen LogP contribution < -0.4 is 4.74 Å². The molecule has 0 N–H and O–H groups in total. The molecule has 1 aliphatic heterocycles. The van der Waals surface area contributed by atoms with E-state index in [0.717, 1.165) is 36.6 Å². The van der Waals surface area contributed by atoms with Gasteiger partial charge in [-0.15, -0.1) is 5.10 Å². The monoisotopic (exact) mass is 377 g/mol. The molecule has 3 aromatic rings. The fourth-order valence-corrected chi connectivity index (χ4v) is 3.97. The minimum atomic E-state index is -0.215. The van der Waals surface area contributed by atoms with E-state index in [0.29, 0.717) is 0 Å². The third-order valence-electron chi connectivity index (χ3n) is 5.33. The summed E-state index contributed by atoms with van der Waals surface area (Å²) in [6, 6.07) is 16.8. The van der Waals surface area contributed by atoms with Crippen molar-refractivity contribution < 1.29 is 4.74 Å². The van der Waals surface area contributed by atoms with Crippen molar-refractivity contribution in [3.05, 3.63) is 71.0 Å². The Balaban J connectivity index is 1.83. The van der Waals surface area contributed by atoms with Crippen LogP contribution in [0.3, 0.4) is 0 Å². The highest BCUT2D eigenvalue weighted by Crippen LogP contribution is 2.37. The number of hydrogen-bond acceptors (Lipinski definition) is 5. The predicted octanol–water partition coefficient (Wildman–Crippen LogP) is 3.58. The number of ether oxygens (including phenoxy) is 1. The van der Waals surface area contributed by atoms with E-state index in [1.54, 1.807) is 7.11 Å². The maximum Gasteiger partial charge on any atom is 0.173 e. The van der Waals surface area contributed by atoms with Gasteiger partial charge in [0, 0.05) is 18.7 Å². The third kappa shape index (κ3) is 3.40. The first kappa shape index (κ1) is 18.6. The van der Waals surface area contributed by atoms with Crippen molar-refractivity contribution >= 4 is 0 Å². The largest absolute Gasteiger partial charge is 0.496 e. The number of nitrogens with zero attached hydrogens (tertiary/aromatic N) is 5. The average Bonchev–Trinajstić information content (AvgIpc) is 3.18.